The number of aryl methyl sites for hydroxylation is 1. The topological polar surface area (TPSA) is 83.8 Å². The zero-order valence-electron chi connectivity index (χ0n) is 15.4. The molecule has 7 nitrogen and oxygen atoms in total. The van der Waals surface area contributed by atoms with Crippen molar-refractivity contribution in [3.05, 3.63) is 63.7 Å². The van der Waals surface area contributed by atoms with E-state index in [1.54, 1.807) is 12.1 Å². The maximum Gasteiger partial charge on any atom is 0.418 e. The van der Waals surface area contributed by atoms with E-state index in [0.717, 1.165) is 17.7 Å². The molecule has 2 aromatic carbocycles. The minimum atomic E-state index is -4.77. The third-order valence-electron chi connectivity index (χ3n) is 4.73. The fourth-order valence-electron chi connectivity index (χ4n) is 3.17. The van der Waals surface area contributed by atoms with Crippen molar-refractivity contribution in [2.45, 2.75) is 18.0 Å². The van der Waals surface area contributed by atoms with Gasteiger partial charge in [-0.2, -0.15) is 17.5 Å². The molecule has 0 spiro atoms. The first-order chi connectivity index (χ1) is 13.5. The van der Waals surface area contributed by atoms with Gasteiger partial charge in [0.1, 0.15) is 0 Å². The zero-order chi connectivity index (χ0) is 21.4. The van der Waals surface area contributed by atoms with E-state index in [9.17, 15) is 31.7 Å². The van der Waals surface area contributed by atoms with Crippen molar-refractivity contribution in [2.24, 2.45) is 0 Å². The van der Waals surface area contributed by atoms with E-state index in [0.29, 0.717) is 6.07 Å². The molecule has 0 radical (unpaired) electrons. The van der Waals surface area contributed by atoms with Crippen molar-refractivity contribution >= 4 is 21.4 Å². The lowest BCUT2D eigenvalue weighted by Crippen LogP contribution is -2.49. The van der Waals surface area contributed by atoms with Crippen LogP contribution in [-0.4, -0.2) is 43.8 Å². The third-order valence-corrected chi connectivity index (χ3v) is 6.65. The Labute approximate surface area is 165 Å². The summed E-state index contributed by atoms with van der Waals surface area (Å²) in [5.74, 6) is 0. The summed E-state index contributed by atoms with van der Waals surface area (Å²) in [5.41, 5.74) is -1.05. The molecule has 2 aromatic rings. The lowest BCUT2D eigenvalue weighted by Gasteiger charge is -2.36. The molecule has 156 valence electrons. The Morgan fingerprint density at radius 2 is 1.59 bits per heavy atom. The minimum absolute atomic E-state index is 0.00446. The summed E-state index contributed by atoms with van der Waals surface area (Å²) >= 11 is 0. The molecular weight excluding hydrogens is 411 g/mol. The van der Waals surface area contributed by atoms with E-state index in [-0.39, 0.29) is 36.8 Å². The first kappa shape index (κ1) is 21.1. The van der Waals surface area contributed by atoms with Crippen molar-refractivity contribution in [1.82, 2.24) is 4.31 Å². The predicted molar refractivity (Wildman–Crippen MR) is 100 cm³/mol. The summed E-state index contributed by atoms with van der Waals surface area (Å²) in [6.45, 7) is 1.91. The van der Waals surface area contributed by atoms with Gasteiger partial charge in [0.25, 0.3) is 5.69 Å². The van der Waals surface area contributed by atoms with Gasteiger partial charge in [-0.25, -0.2) is 8.42 Å². The highest BCUT2D eigenvalue weighted by Gasteiger charge is 2.38. The number of benzene rings is 2. The average Bonchev–Trinajstić information content (AvgIpc) is 2.67. The number of hydrogen-bond acceptors (Lipinski definition) is 5. The molecule has 0 bridgehead atoms. The van der Waals surface area contributed by atoms with Gasteiger partial charge in [-0.1, -0.05) is 17.7 Å². The van der Waals surface area contributed by atoms with E-state index >= 15 is 0 Å². The maximum atomic E-state index is 13.4. The Kier molecular flexibility index (Phi) is 5.54. The molecule has 29 heavy (non-hydrogen) atoms. The van der Waals surface area contributed by atoms with Gasteiger partial charge < -0.3 is 4.90 Å². The Bertz CT molecular complexity index is 1020. The number of nitro benzene ring substituents is 1. The van der Waals surface area contributed by atoms with Crippen LogP contribution in [0.5, 0.6) is 0 Å². The van der Waals surface area contributed by atoms with Crippen LogP contribution in [0, 0.1) is 17.0 Å². The fraction of sp³-hybridized carbons (Fsp3) is 0.333. The lowest BCUT2D eigenvalue weighted by atomic mass is 10.1. The largest absolute Gasteiger partial charge is 0.418 e. The second kappa shape index (κ2) is 7.64. The SMILES string of the molecule is Cc1ccc(S(=O)(=O)N2CCN(c3ccc([N+](=O)[O-])cc3C(F)(F)F)CC2)cc1. The normalized spacial score (nSPS) is 16.1. The minimum Gasteiger partial charge on any atom is -0.368 e. The summed E-state index contributed by atoms with van der Waals surface area (Å²) in [6, 6.07) is 8.92. The van der Waals surface area contributed by atoms with Gasteiger partial charge in [0.2, 0.25) is 10.0 Å². The number of non-ortho nitro benzene ring substituents is 1. The molecule has 1 aliphatic heterocycles. The van der Waals surface area contributed by atoms with Crippen molar-refractivity contribution in [1.29, 1.82) is 0 Å². The number of anilines is 1. The monoisotopic (exact) mass is 429 g/mol. The van der Waals surface area contributed by atoms with Crippen molar-refractivity contribution in [2.75, 3.05) is 31.1 Å². The molecule has 1 saturated heterocycles. The quantitative estimate of drug-likeness (QED) is 0.549. The van der Waals surface area contributed by atoms with Crippen LogP contribution in [0.15, 0.2) is 47.4 Å². The molecule has 0 atom stereocenters. The van der Waals surface area contributed by atoms with Crippen LogP contribution in [0.4, 0.5) is 24.5 Å². The van der Waals surface area contributed by atoms with E-state index in [1.807, 2.05) is 6.92 Å². The molecule has 1 heterocycles. The Morgan fingerprint density at radius 3 is 2.10 bits per heavy atom. The van der Waals surface area contributed by atoms with Gasteiger partial charge in [0.05, 0.1) is 15.4 Å². The molecule has 11 heteroatoms. The summed E-state index contributed by atoms with van der Waals surface area (Å²) in [5, 5.41) is 10.8. The van der Waals surface area contributed by atoms with Crippen LogP contribution in [-0.2, 0) is 16.2 Å². The first-order valence-electron chi connectivity index (χ1n) is 8.67. The third kappa shape index (κ3) is 4.35. The number of piperazine rings is 1. The highest BCUT2D eigenvalue weighted by atomic mass is 32.2. The maximum absolute atomic E-state index is 13.4. The van der Waals surface area contributed by atoms with Gasteiger partial charge in [-0.3, -0.25) is 10.1 Å². The second-order valence-electron chi connectivity index (χ2n) is 6.66. The highest BCUT2D eigenvalue weighted by Crippen LogP contribution is 2.39. The van der Waals surface area contributed by atoms with Crippen molar-refractivity contribution in [3.8, 4) is 0 Å². The number of alkyl halides is 3. The summed E-state index contributed by atoms with van der Waals surface area (Å²) < 4.78 is 66.9. The van der Waals surface area contributed by atoms with Gasteiger partial charge in [0, 0.05) is 44.0 Å². The van der Waals surface area contributed by atoms with Crippen LogP contribution >= 0.6 is 0 Å². The second-order valence-corrected chi connectivity index (χ2v) is 8.60. The molecule has 1 fully saturated rings. The molecule has 0 saturated carbocycles. The number of rotatable bonds is 4. The van der Waals surface area contributed by atoms with Crippen LogP contribution in [0.1, 0.15) is 11.1 Å². The first-order valence-corrected chi connectivity index (χ1v) is 10.1. The van der Waals surface area contributed by atoms with E-state index in [2.05, 4.69) is 0 Å². The zero-order valence-corrected chi connectivity index (χ0v) is 16.2. The molecule has 3 rings (SSSR count). The number of nitrogens with zero attached hydrogens (tertiary/aromatic N) is 3. The fourth-order valence-corrected chi connectivity index (χ4v) is 4.59. The molecular formula is C18H18F3N3O4S. The van der Waals surface area contributed by atoms with E-state index < -0.39 is 32.4 Å². The Hall–Kier alpha value is -2.66. The molecule has 0 aliphatic carbocycles. The summed E-state index contributed by atoms with van der Waals surface area (Å²) in [4.78, 5) is 11.5. The van der Waals surface area contributed by atoms with Crippen molar-refractivity contribution < 1.29 is 26.5 Å². The van der Waals surface area contributed by atoms with Gasteiger partial charge in [-0.15, -0.1) is 0 Å². The number of hydrogen-bond donors (Lipinski definition) is 0. The van der Waals surface area contributed by atoms with Crippen LogP contribution < -0.4 is 4.90 Å². The summed E-state index contributed by atoms with van der Waals surface area (Å²) in [6.07, 6.45) is -4.77. The highest BCUT2D eigenvalue weighted by molar-refractivity contribution is 7.89. The Morgan fingerprint density at radius 1 is 1.00 bits per heavy atom. The summed E-state index contributed by atoms with van der Waals surface area (Å²) in [7, 11) is -3.75. The van der Waals surface area contributed by atoms with Crippen molar-refractivity contribution in [3.63, 3.8) is 0 Å². The van der Waals surface area contributed by atoms with Gasteiger partial charge in [0.15, 0.2) is 0 Å². The number of nitro groups is 1. The lowest BCUT2D eigenvalue weighted by molar-refractivity contribution is -0.385. The molecule has 0 amide bonds. The molecule has 0 unspecified atom stereocenters. The van der Waals surface area contributed by atoms with E-state index in [4.69, 9.17) is 0 Å². The molecule has 0 N–H and O–H groups in total. The van der Waals surface area contributed by atoms with E-state index in [1.165, 1.54) is 21.3 Å². The average molecular weight is 429 g/mol. The van der Waals surface area contributed by atoms with Gasteiger partial charge in [-0.05, 0) is 25.1 Å². The Balaban J connectivity index is 1.82. The van der Waals surface area contributed by atoms with Crippen LogP contribution in [0.2, 0.25) is 0 Å². The predicted octanol–water partition coefficient (Wildman–Crippen LogP) is 3.43. The van der Waals surface area contributed by atoms with Crippen LogP contribution in [0.25, 0.3) is 0 Å². The number of halogens is 3. The molecule has 0 aromatic heterocycles. The molecule has 1 aliphatic rings. The van der Waals surface area contributed by atoms with Gasteiger partial charge >= 0.3 is 6.18 Å². The standard InChI is InChI=1S/C18H18F3N3O4S/c1-13-2-5-15(6-3-13)29(27,28)23-10-8-22(9-11-23)17-7-4-14(24(25)26)12-16(17)18(19,20)21/h2-7,12H,8-11H2,1H3. The van der Waals surface area contributed by atoms with Crippen LogP contribution in [0.3, 0.4) is 0 Å². The number of sulfonamides is 1. The smallest absolute Gasteiger partial charge is 0.368 e.